The van der Waals surface area contributed by atoms with Crippen LogP contribution in [0.25, 0.3) is 10.8 Å². The Balaban J connectivity index is 2.01. The predicted molar refractivity (Wildman–Crippen MR) is 91.5 cm³/mol. The van der Waals surface area contributed by atoms with Gasteiger partial charge in [-0.1, -0.05) is 54.6 Å². The van der Waals surface area contributed by atoms with Crippen molar-refractivity contribution in [3.05, 3.63) is 72.3 Å². The van der Waals surface area contributed by atoms with Gasteiger partial charge in [-0.3, -0.25) is 0 Å². The lowest BCUT2D eigenvalue weighted by atomic mass is 10.1. The third kappa shape index (κ3) is 2.70. The molecule has 0 spiro atoms. The van der Waals surface area contributed by atoms with Crippen molar-refractivity contribution in [2.45, 2.75) is 13.5 Å². The van der Waals surface area contributed by atoms with E-state index in [0.717, 1.165) is 18.8 Å². The van der Waals surface area contributed by atoms with Crippen LogP contribution in [0.1, 0.15) is 12.5 Å². The first-order valence-corrected chi connectivity index (χ1v) is 7.35. The van der Waals surface area contributed by atoms with Crippen molar-refractivity contribution in [3.63, 3.8) is 0 Å². The van der Waals surface area contributed by atoms with Crippen molar-refractivity contribution in [3.8, 4) is 0 Å². The molecule has 0 bridgehead atoms. The second kappa shape index (κ2) is 5.88. The Kier molecular flexibility index (Phi) is 3.78. The van der Waals surface area contributed by atoms with Crippen LogP contribution < -0.4 is 10.6 Å². The first kappa shape index (κ1) is 13.5. The molecule has 0 amide bonds. The molecule has 106 valence electrons. The van der Waals surface area contributed by atoms with Crippen molar-refractivity contribution in [1.29, 1.82) is 0 Å². The quantitative estimate of drug-likeness (QED) is 0.713. The second-order valence-electron chi connectivity index (χ2n) is 5.21. The van der Waals surface area contributed by atoms with E-state index < -0.39 is 0 Å². The molecule has 0 fully saturated rings. The fraction of sp³-hybridized carbons (Fsp3) is 0.158. The minimum atomic E-state index is 0.831. The topological polar surface area (TPSA) is 29.3 Å². The van der Waals surface area contributed by atoms with Crippen LogP contribution in [-0.2, 0) is 6.54 Å². The standard InChI is InChI=1S/C19H20N2/c1-2-21(14-16-9-4-6-12-18(16)20)19-13-7-10-15-8-3-5-11-17(15)19/h3-13H,2,14,20H2,1H3. The fourth-order valence-corrected chi connectivity index (χ4v) is 2.74. The zero-order valence-electron chi connectivity index (χ0n) is 12.3. The molecular weight excluding hydrogens is 256 g/mol. The summed E-state index contributed by atoms with van der Waals surface area (Å²) >= 11 is 0. The molecule has 0 heterocycles. The third-order valence-corrected chi connectivity index (χ3v) is 3.91. The van der Waals surface area contributed by atoms with Crippen LogP contribution in [0.15, 0.2) is 66.7 Å². The molecule has 0 atom stereocenters. The van der Waals surface area contributed by atoms with Gasteiger partial charge in [0.1, 0.15) is 0 Å². The molecule has 0 aliphatic heterocycles. The van der Waals surface area contributed by atoms with Crippen LogP contribution >= 0.6 is 0 Å². The molecule has 2 heteroatoms. The normalized spacial score (nSPS) is 10.7. The van der Waals surface area contributed by atoms with Crippen LogP contribution in [0, 0.1) is 0 Å². The van der Waals surface area contributed by atoms with E-state index in [-0.39, 0.29) is 0 Å². The molecule has 3 rings (SSSR count). The van der Waals surface area contributed by atoms with Gasteiger partial charge in [0.05, 0.1) is 0 Å². The maximum absolute atomic E-state index is 6.09. The van der Waals surface area contributed by atoms with Gasteiger partial charge in [0.2, 0.25) is 0 Å². The Morgan fingerprint density at radius 1 is 0.857 bits per heavy atom. The summed E-state index contributed by atoms with van der Waals surface area (Å²) in [6.07, 6.45) is 0. The van der Waals surface area contributed by atoms with Crippen LogP contribution in [-0.4, -0.2) is 6.54 Å². The highest BCUT2D eigenvalue weighted by atomic mass is 15.1. The van der Waals surface area contributed by atoms with Crippen LogP contribution in [0.5, 0.6) is 0 Å². The first-order valence-electron chi connectivity index (χ1n) is 7.35. The van der Waals surface area contributed by atoms with Gasteiger partial charge in [-0.25, -0.2) is 0 Å². The highest BCUT2D eigenvalue weighted by Crippen LogP contribution is 2.28. The van der Waals surface area contributed by atoms with E-state index >= 15 is 0 Å². The van der Waals surface area contributed by atoms with Crippen LogP contribution in [0.3, 0.4) is 0 Å². The number of nitrogen functional groups attached to an aromatic ring is 1. The Morgan fingerprint density at radius 2 is 1.57 bits per heavy atom. The number of nitrogens with zero attached hydrogens (tertiary/aromatic N) is 1. The van der Waals surface area contributed by atoms with Crippen molar-refractivity contribution in [2.75, 3.05) is 17.2 Å². The Hall–Kier alpha value is -2.48. The highest BCUT2D eigenvalue weighted by Gasteiger charge is 2.10. The number of para-hydroxylation sites is 1. The van der Waals surface area contributed by atoms with Gasteiger partial charge in [-0.05, 0) is 30.0 Å². The number of benzene rings is 3. The molecule has 2 nitrogen and oxygen atoms in total. The van der Waals surface area contributed by atoms with Crippen molar-refractivity contribution in [2.24, 2.45) is 0 Å². The van der Waals surface area contributed by atoms with E-state index in [0.29, 0.717) is 0 Å². The maximum atomic E-state index is 6.09. The van der Waals surface area contributed by atoms with Gasteiger partial charge in [0.25, 0.3) is 0 Å². The number of hydrogen-bond acceptors (Lipinski definition) is 2. The van der Waals surface area contributed by atoms with E-state index in [1.165, 1.54) is 22.0 Å². The molecule has 0 saturated heterocycles. The summed E-state index contributed by atoms with van der Waals surface area (Å²) in [4.78, 5) is 2.37. The zero-order valence-corrected chi connectivity index (χ0v) is 12.3. The number of rotatable bonds is 4. The van der Waals surface area contributed by atoms with E-state index in [2.05, 4.69) is 60.4 Å². The maximum Gasteiger partial charge on any atom is 0.0449 e. The van der Waals surface area contributed by atoms with Gasteiger partial charge >= 0.3 is 0 Å². The second-order valence-corrected chi connectivity index (χ2v) is 5.21. The van der Waals surface area contributed by atoms with E-state index in [1.54, 1.807) is 0 Å². The summed E-state index contributed by atoms with van der Waals surface area (Å²) in [5, 5.41) is 2.56. The summed E-state index contributed by atoms with van der Waals surface area (Å²) < 4.78 is 0. The van der Waals surface area contributed by atoms with Crippen molar-refractivity contribution >= 4 is 22.1 Å². The van der Waals surface area contributed by atoms with Crippen LogP contribution in [0.2, 0.25) is 0 Å². The van der Waals surface area contributed by atoms with Gasteiger partial charge in [0.15, 0.2) is 0 Å². The lowest BCUT2D eigenvalue weighted by Gasteiger charge is -2.25. The summed E-state index contributed by atoms with van der Waals surface area (Å²) in [5.74, 6) is 0. The van der Waals surface area contributed by atoms with Crippen molar-refractivity contribution in [1.82, 2.24) is 0 Å². The summed E-state index contributed by atoms with van der Waals surface area (Å²) in [6, 6.07) is 23.1. The molecule has 2 N–H and O–H groups in total. The molecule has 21 heavy (non-hydrogen) atoms. The molecule has 3 aromatic rings. The van der Waals surface area contributed by atoms with E-state index in [1.807, 2.05) is 18.2 Å². The van der Waals surface area contributed by atoms with Gasteiger partial charge in [-0.2, -0.15) is 0 Å². The zero-order chi connectivity index (χ0) is 14.7. The molecule has 0 unspecified atom stereocenters. The van der Waals surface area contributed by atoms with Gasteiger partial charge in [0, 0.05) is 29.9 Å². The summed E-state index contributed by atoms with van der Waals surface area (Å²) in [6.45, 7) is 3.96. The van der Waals surface area contributed by atoms with Gasteiger partial charge in [-0.15, -0.1) is 0 Å². The van der Waals surface area contributed by atoms with Gasteiger partial charge < -0.3 is 10.6 Å². The SMILES string of the molecule is CCN(Cc1ccccc1N)c1cccc2ccccc12. The Labute approximate surface area is 125 Å². The average molecular weight is 276 g/mol. The Bertz CT molecular complexity index is 744. The summed E-state index contributed by atoms with van der Waals surface area (Å²) in [7, 11) is 0. The van der Waals surface area contributed by atoms with E-state index in [4.69, 9.17) is 5.73 Å². The first-order chi connectivity index (χ1) is 10.3. The number of anilines is 2. The summed E-state index contributed by atoms with van der Waals surface area (Å²) in [5.41, 5.74) is 9.38. The lowest BCUT2D eigenvalue weighted by molar-refractivity contribution is 0.837. The minimum absolute atomic E-state index is 0.831. The number of hydrogen-bond donors (Lipinski definition) is 1. The lowest BCUT2D eigenvalue weighted by Crippen LogP contribution is -2.22. The number of nitrogens with two attached hydrogens (primary N) is 1. The average Bonchev–Trinajstić information content (AvgIpc) is 2.54. The molecule has 0 aliphatic rings. The van der Waals surface area contributed by atoms with Crippen LogP contribution in [0.4, 0.5) is 11.4 Å². The molecule has 0 aliphatic carbocycles. The predicted octanol–water partition coefficient (Wildman–Crippen LogP) is 4.45. The minimum Gasteiger partial charge on any atom is -0.398 e. The monoisotopic (exact) mass is 276 g/mol. The Morgan fingerprint density at radius 3 is 2.38 bits per heavy atom. The molecular formula is C19H20N2. The molecule has 0 saturated carbocycles. The fourth-order valence-electron chi connectivity index (χ4n) is 2.74. The number of fused-ring (bicyclic) bond motifs is 1. The smallest absolute Gasteiger partial charge is 0.0449 e. The molecule has 3 aromatic carbocycles. The largest absolute Gasteiger partial charge is 0.398 e. The highest BCUT2D eigenvalue weighted by molar-refractivity contribution is 5.94. The molecule has 0 aromatic heterocycles. The third-order valence-electron chi connectivity index (χ3n) is 3.91. The molecule has 0 radical (unpaired) electrons. The van der Waals surface area contributed by atoms with Crippen molar-refractivity contribution < 1.29 is 0 Å². The van der Waals surface area contributed by atoms with E-state index in [9.17, 15) is 0 Å².